The van der Waals surface area contributed by atoms with E-state index in [0.29, 0.717) is 11.0 Å². The molecule has 1 aliphatic rings. The molecule has 84 valence electrons. The van der Waals surface area contributed by atoms with Crippen molar-refractivity contribution in [3.63, 3.8) is 0 Å². The molecule has 0 amide bonds. The van der Waals surface area contributed by atoms with Crippen molar-refractivity contribution >= 4 is 21.6 Å². The van der Waals surface area contributed by atoms with Gasteiger partial charge >= 0.3 is 0 Å². The lowest BCUT2D eigenvalue weighted by Crippen LogP contribution is -2.15. The summed E-state index contributed by atoms with van der Waals surface area (Å²) in [5.74, 6) is 0. The van der Waals surface area contributed by atoms with Crippen LogP contribution in [0.15, 0.2) is 22.7 Å². The van der Waals surface area contributed by atoms with Crippen LogP contribution >= 0.6 is 15.9 Å². The summed E-state index contributed by atoms with van der Waals surface area (Å²) in [5.41, 5.74) is 2.14. The third-order valence-corrected chi connectivity index (χ3v) is 4.15. The first-order valence-corrected chi connectivity index (χ1v) is 6.42. The lowest BCUT2D eigenvalue weighted by molar-refractivity contribution is 0.521. The van der Waals surface area contributed by atoms with Gasteiger partial charge in [-0.3, -0.25) is 0 Å². The highest BCUT2D eigenvalue weighted by Gasteiger charge is 2.40. The fourth-order valence-electron chi connectivity index (χ4n) is 1.90. The summed E-state index contributed by atoms with van der Waals surface area (Å²) in [6.07, 6.45) is 3.84. The summed E-state index contributed by atoms with van der Waals surface area (Å²) in [7, 11) is 0. The van der Waals surface area contributed by atoms with Gasteiger partial charge in [0.1, 0.15) is 6.07 Å². The highest BCUT2D eigenvalue weighted by Crippen LogP contribution is 2.48. The fraction of sp³-hybridized carbons (Fsp3) is 0.462. The monoisotopic (exact) mass is 278 g/mol. The van der Waals surface area contributed by atoms with Crippen LogP contribution < -0.4 is 5.32 Å². The molecule has 0 unspecified atom stereocenters. The van der Waals surface area contributed by atoms with Gasteiger partial charge in [0.05, 0.1) is 11.3 Å². The SMILES string of the molecule is CCC1(CNc2cccc(Br)c2C#N)CC1. The van der Waals surface area contributed by atoms with E-state index in [-0.39, 0.29) is 0 Å². The number of hydrogen-bond donors (Lipinski definition) is 1. The summed E-state index contributed by atoms with van der Waals surface area (Å²) in [4.78, 5) is 0. The molecule has 0 heterocycles. The van der Waals surface area contributed by atoms with E-state index in [1.54, 1.807) is 0 Å². The van der Waals surface area contributed by atoms with Crippen LogP contribution in [0.5, 0.6) is 0 Å². The number of benzene rings is 1. The van der Waals surface area contributed by atoms with Gasteiger partial charge in [-0.25, -0.2) is 0 Å². The molecule has 1 saturated carbocycles. The number of nitrogens with one attached hydrogen (secondary N) is 1. The largest absolute Gasteiger partial charge is 0.383 e. The zero-order valence-corrected chi connectivity index (χ0v) is 11.0. The minimum Gasteiger partial charge on any atom is -0.383 e. The Hall–Kier alpha value is -1.01. The molecular formula is C13H15BrN2. The van der Waals surface area contributed by atoms with E-state index in [1.165, 1.54) is 19.3 Å². The molecule has 1 N–H and O–H groups in total. The minimum atomic E-state index is 0.495. The standard InChI is InChI=1S/C13H15BrN2/c1-2-13(6-7-13)9-16-12-5-3-4-11(14)10(12)8-15/h3-5,16H,2,6-7,9H2,1H3. The van der Waals surface area contributed by atoms with Gasteiger partial charge in [-0.2, -0.15) is 5.26 Å². The topological polar surface area (TPSA) is 35.8 Å². The van der Waals surface area contributed by atoms with Crippen LogP contribution in [0.1, 0.15) is 31.7 Å². The van der Waals surface area contributed by atoms with Crippen molar-refractivity contribution in [1.82, 2.24) is 0 Å². The Kier molecular flexibility index (Phi) is 3.20. The van der Waals surface area contributed by atoms with E-state index in [1.807, 2.05) is 18.2 Å². The van der Waals surface area contributed by atoms with Crippen LogP contribution in [0.25, 0.3) is 0 Å². The van der Waals surface area contributed by atoms with Crippen molar-refractivity contribution in [3.05, 3.63) is 28.2 Å². The third-order valence-electron chi connectivity index (χ3n) is 3.49. The van der Waals surface area contributed by atoms with Gasteiger partial charge in [-0.1, -0.05) is 13.0 Å². The van der Waals surface area contributed by atoms with Crippen LogP contribution in [-0.2, 0) is 0 Å². The Morgan fingerprint density at radius 2 is 2.25 bits per heavy atom. The molecule has 1 aliphatic carbocycles. The molecule has 3 heteroatoms. The van der Waals surface area contributed by atoms with Crippen molar-refractivity contribution < 1.29 is 0 Å². The second kappa shape index (κ2) is 4.47. The van der Waals surface area contributed by atoms with Gasteiger partial charge in [0.15, 0.2) is 0 Å². The average molecular weight is 279 g/mol. The van der Waals surface area contributed by atoms with Crippen molar-refractivity contribution in [2.24, 2.45) is 5.41 Å². The smallest absolute Gasteiger partial charge is 0.103 e. The van der Waals surface area contributed by atoms with Crippen molar-refractivity contribution in [3.8, 4) is 6.07 Å². The zero-order valence-electron chi connectivity index (χ0n) is 9.39. The Morgan fingerprint density at radius 1 is 1.50 bits per heavy atom. The van der Waals surface area contributed by atoms with Crippen molar-refractivity contribution in [1.29, 1.82) is 5.26 Å². The Labute approximate surface area is 105 Å². The number of hydrogen-bond acceptors (Lipinski definition) is 2. The van der Waals surface area contributed by atoms with Crippen molar-refractivity contribution in [2.45, 2.75) is 26.2 Å². The predicted octanol–water partition coefficient (Wildman–Crippen LogP) is 3.92. The number of nitriles is 1. The summed E-state index contributed by atoms with van der Waals surface area (Å²) in [6, 6.07) is 8.05. The first-order chi connectivity index (χ1) is 7.71. The molecule has 0 spiro atoms. The van der Waals surface area contributed by atoms with Crippen LogP contribution in [0.3, 0.4) is 0 Å². The van der Waals surface area contributed by atoms with Crippen LogP contribution in [0, 0.1) is 16.7 Å². The number of rotatable bonds is 4. The Balaban J connectivity index is 2.10. The van der Waals surface area contributed by atoms with E-state index in [4.69, 9.17) is 5.26 Å². The van der Waals surface area contributed by atoms with Gasteiger partial charge in [0, 0.05) is 11.0 Å². The zero-order chi connectivity index (χ0) is 11.6. The van der Waals surface area contributed by atoms with Crippen LogP contribution in [0.4, 0.5) is 5.69 Å². The van der Waals surface area contributed by atoms with Crippen molar-refractivity contribution in [2.75, 3.05) is 11.9 Å². The molecule has 1 aromatic carbocycles. The van der Waals surface area contributed by atoms with Crippen LogP contribution in [-0.4, -0.2) is 6.54 Å². The first kappa shape index (κ1) is 11.5. The number of anilines is 1. The van der Waals surface area contributed by atoms with Crippen LogP contribution in [0.2, 0.25) is 0 Å². The second-order valence-corrected chi connectivity index (χ2v) is 5.34. The number of halogens is 1. The molecule has 1 fully saturated rings. The lowest BCUT2D eigenvalue weighted by Gasteiger charge is -2.15. The highest BCUT2D eigenvalue weighted by atomic mass is 79.9. The Morgan fingerprint density at radius 3 is 2.81 bits per heavy atom. The Bertz CT molecular complexity index is 430. The van der Waals surface area contributed by atoms with Gasteiger partial charge in [0.2, 0.25) is 0 Å². The van der Waals surface area contributed by atoms with Gasteiger partial charge in [-0.15, -0.1) is 0 Å². The molecule has 0 bridgehead atoms. The van der Waals surface area contributed by atoms with E-state index in [2.05, 4.69) is 34.2 Å². The van der Waals surface area contributed by atoms with Gasteiger partial charge < -0.3 is 5.32 Å². The molecule has 0 atom stereocenters. The maximum atomic E-state index is 9.08. The maximum Gasteiger partial charge on any atom is 0.103 e. The second-order valence-electron chi connectivity index (χ2n) is 4.48. The molecular weight excluding hydrogens is 264 g/mol. The predicted molar refractivity (Wildman–Crippen MR) is 69.3 cm³/mol. The highest BCUT2D eigenvalue weighted by molar-refractivity contribution is 9.10. The molecule has 2 nitrogen and oxygen atoms in total. The van der Waals surface area contributed by atoms with E-state index < -0.39 is 0 Å². The van der Waals surface area contributed by atoms with Gasteiger partial charge in [0.25, 0.3) is 0 Å². The summed E-state index contributed by atoms with van der Waals surface area (Å²) in [5, 5.41) is 12.5. The third kappa shape index (κ3) is 2.22. The molecule has 16 heavy (non-hydrogen) atoms. The molecule has 0 saturated heterocycles. The van der Waals surface area contributed by atoms with Gasteiger partial charge in [-0.05, 0) is 52.7 Å². The minimum absolute atomic E-state index is 0.495. The quantitative estimate of drug-likeness (QED) is 0.906. The molecule has 0 aromatic heterocycles. The molecule has 0 radical (unpaired) electrons. The van der Waals surface area contributed by atoms with E-state index in [9.17, 15) is 0 Å². The van der Waals surface area contributed by atoms with E-state index in [0.717, 1.165) is 16.7 Å². The molecule has 2 rings (SSSR count). The normalized spacial score (nSPS) is 16.6. The summed E-state index contributed by atoms with van der Waals surface area (Å²) in [6.45, 7) is 3.22. The lowest BCUT2D eigenvalue weighted by atomic mass is 10.0. The average Bonchev–Trinajstić information content (AvgIpc) is 3.07. The first-order valence-electron chi connectivity index (χ1n) is 5.63. The summed E-state index contributed by atoms with van der Waals surface area (Å²) >= 11 is 3.40. The number of nitrogens with zero attached hydrogens (tertiary/aromatic N) is 1. The maximum absolute atomic E-state index is 9.08. The van der Waals surface area contributed by atoms with E-state index >= 15 is 0 Å². The fourth-order valence-corrected chi connectivity index (χ4v) is 2.35. The molecule has 0 aliphatic heterocycles. The molecule has 1 aromatic rings. The summed E-state index contributed by atoms with van der Waals surface area (Å²) < 4.78 is 0.862.